The molecule has 27 heavy (non-hydrogen) atoms. The smallest absolute Gasteiger partial charge is 0.408 e. The van der Waals surface area contributed by atoms with Gasteiger partial charge in [0.1, 0.15) is 11.9 Å². The summed E-state index contributed by atoms with van der Waals surface area (Å²) in [6, 6.07) is 7.35. The van der Waals surface area contributed by atoms with Crippen molar-refractivity contribution < 1.29 is 19.0 Å². The Bertz CT molecular complexity index is 930. The number of carbonyl (C=O) groups is 1. The summed E-state index contributed by atoms with van der Waals surface area (Å²) in [5, 5.41) is 12.9. The monoisotopic (exact) mass is 366 g/mol. The quantitative estimate of drug-likeness (QED) is 0.817. The molecule has 6 heteroatoms. The molecule has 138 valence electrons. The number of pyridine rings is 1. The average molecular weight is 366 g/mol. The fourth-order valence-corrected chi connectivity index (χ4v) is 3.39. The fourth-order valence-electron chi connectivity index (χ4n) is 3.39. The second-order valence-corrected chi connectivity index (χ2v) is 7.07. The van der Waals surface area contributed by atoms with Crippen molar-refractivity contribution in [2.45, 2.75) is 43.4 Å². The molecule has 1 saturated heterocycles. The molecule has 1 aromatic heterocycles. The normalized spacial score (nSPS) is 22.8. The largest absolute Gasteiger partial charge is 0.439 e. The van der Waals surface area contributed by atoms with Gasteiger partial charge in [-0.3, -0.25) is 4.98 Å². The molecular weight excluding hydrogens is 347 g/mol. The van der Waals surface area contributed by atoms with E-state index in [-0.39, 0.29) is 5.82 Å². The highest BCUT2D eigenvalue weighted by Crippen LogP contribution is 2.37. The number of hydrogen-bond donors (Lipinski definition) is 2. The van der Waals surface area contributed by atoms with Gasteiger partial charge in [0, 0.05) is 24.4 Å². The highest BCUT2D eigenvalue weighted by atomic mass is 19.1. The van der Waals surface area contributed by atoms with Crippen LogP contribution in [0.4, 0.5) is 9.18 Å². The van der Waals surface area contributed by atoms with E-state index in [0.717, 1.165) is 24.8 Å². The molecule has 2 heterocycles. The molecule has 2 aromatic rings. The number of benzene rings is 1. The standard InChI is InChI=1S/C21H19FN2O3/c22-17-6-1-5-15(11-17)19-18(24-20(25)27-19)16-10-14(12-23-13-16)4-2-7-21(26)8-3-9-21/h1,5-6,10-13,18-19,26H,3,7-9H2,(H,24,25)/t18-,19-/m1/s1. The third-order valence-corrected chi connectivity index (χ3v) is 5.04. The summed E-state index contributed by atoms with van der Waals surface area (Å²) in [7, 11) is 0. The molecule has 0 radical (unpaired) electrons. The number of alkyl carbamates (subject to hydrolysis) is 1. The molecular formula is C21H19FN2O3. The number of amides is 1. The van der Waals surface area contributed by atoms with Crippen molar-refractivity contribution in [1.29, 1.82) is 0 Å². The lowest BCUT2D eigenvalue weighted by molar-refractivity contribution is -0.0280. The van der Waals surface area contributed by atoms with E-state index < -0.39 is 23.8 Å². The molecule has 2 aliphatic rings. The summed E-state index contributed by atoms with van der Waals surface area (Å²) in [5.41, 5.74) is 1.34. The zero-order valence-electron chi connectivity index (χ0n) is 14.6. The number of cyclic esters (lactones) is 1. The number of nitrogens with one attached hydrogen (secondary N) is 1. The molecule has 5 nitrogen and oxygen atoms in total. The predicted molar refractivity (Wildman–Crippen MR) is 96.0 cm³/mol. The zero-order valence-corrected chi connectivity index (χ0v) is 14.6. The first-order valence-electron chi connectivity index (χ1n) is 8.91. The first kappa shape index (κ1) is 17.5. The van der Waals surface area contributed by atoms with Crippen LogP contribution in [0.25, 0.3) is 0 Å². The van der Waals surface area contributed by atoms with Gasteiger partial charge in [-0.15, -0.1) is 0 Å². The van der Waals surface area contributed by atoms with E-state index in [2.05, 4.69) is 22.1 Å². The van der Waals surface area contributed by atoms with Gasteiger partial charge in [-0.1, -0.05) is 24.0 Å². The van der Waals surface area contributed by atoms with Crippen molar-refractivity contribution in [3.05, 3.63) is 65.2 Å². The molecule has 0 spiro atoms. The zero-order chi connectivity index (χ0) is 18.9. The second kappa shape index (κ2) is 7.01. The van der Waals surface area contributed by atoms with Gasteiger partial charge in [-0.2, -0.15) is 0 Å². The molecule has 2 N–H and O–H groups in total. The number of aromatic nitrogens is 1. The molecule has 2 atom stereocenters. The average Bonchev–Trinajstić information content (AvgIpc) is 3.02. The van der Waals surface area contributed by atoms with Crippen molar-refractivity contribution in [3.63, 3.8) is 0 Å². The Morgan fingerprint density at radius 1 is 1.30 bits per heavy atom. The van der Waals surface area contributed by atoms with Crippen molar-refractivity contribution in [2.75, 3.05) is 0 Å². The number of ether oxygens (including phenoxy) is 1. The maximum atomic E-state index is 13.6. The van der Waals surface area contributed by atoms with Gasteiger partial charge < -0.3 is 15.2 Å². The predicted octanol–water partition coefficient (Wildman–Crippen LogP) is 3.40. The summed E-state index contributed by atoms with van der Waals surface area (Å²) in [6.07, 6.45) is 5.13. The van der Waals surface area contributed by atoms with Crippen molar-refractivity contribution in [2.24, 2.45) is 0 Å². The van der Waals surface area contributed by atoms with Crippen LogP contribution in [-0.2, 0) is 4.74 Å². The maximum Gasteiger partial charge on any atom is 0.408 e. The lowest BCUT2D eigenvalue weighted by atomic mass is 9.78. The van der Waals surface area contributed by atoms with E-state index in [1.807, 2.05) is 6.07 Å². The topological polar surface area (TPSA) is 71.5 Å². The van der Waals surface area contributed by atoms with Crippen molar-refractivity contribution in [3.8, 4) is 11.8 Å². The Morgan fingerprint density at radius 3 is 2.89 bits per heavy atom. The minimum atomic E-state index is -0.645. The summed E-state index contributed by atoms with van der Waals surface area (Å²) < 4.78 is 18.9. The van der Waals surface area contributed by atoms with Gasteiger partial charge in [0.2, 0.25) is 0 Å². The lowest BCUT2D eigenvalue weighted by Crippen LogP contribution is -2.35. The summed E-state index contributed by atoms with van der Waals surface area (Å²) in [4.78, 5) is 16.0. The maximum absolute atomic E-state index is 13.6. The minimum absolute atomic E-state index is 0.388. The van der Waals surface area contributed by atoms with Gasteiger partial charge in [-0.05, 0) is 48.6 Å². The van der Waals surface area contributed by atoms with E-state index in [1.165, 1.54) is 12.1 Å². The highest BCUT2D eigenvalue weighted by molar-refractivity contribution is 5.71. The number of nitrogens with zero attached hydrogens (tertiary/aromatic N) is 1. The van der Waals surface area contributed by atoms with E-state index in [4.69, 9.17) is 4.74 Å². The summed E-state index contributed by atoms with van der Waals surface area (Å²) in [6.45, 7) is 0. The molecule has 0 unspecified atom stereocenters. The van der Waals surface area contributed by atoms with Crippen LogP contribution < -0.4 is 5.32 Å². The third kappa shape index (κ3) is 3.79. The van der Waals surface area contributed by atoms with Crippen LogP contribution in [0.1, 0.15) is 54.5 Å². The number of aliphatic hydroxyl groups is 1. The molecule has 1 amide bonds. The first-order chi connectivity index (χ1) is 13.0. The number of carbonyl (C=O) groups excluding carboxylic acids is 1. The minimum Gasteiger partial charge on any atom is -0.439 e. The summed E-state index contributed by atoms with van der Waals surface area (Å²) >= 11 is 0. The van der Waals surface area contributed by atoms with Crippen LogP contribution in [0.3, 0.4) is 0 Å². The summed E-state index contributed by atoms with van der Waals surface area (Å²) in [5.74, 6) is 5.65. The number of halogens is 1. The Morgan fingerprint density at radius 2 is 2.15 bits per heavy atom. The molecule has 1 aliphatic carbocycles. The van der Waals surface area contributed by atoms with Crippen LogP contribution in [-0.4, -0.2) is 21.8 Å². The molecule has 4 rings (SSSR count). The van der Waals surface area contributed by atoms with Gasteiger partial charge in [-0.25, -0.2) is 9.18 Å². The SMILES string of the molecule is O=C1N[C@H](c2cncc(C#CCC3(O)CCC3)c2)[C@@H](c2cccc(F)c2)O1. The number of rotatable bonds is 3. The van der Waals surface area contributed by atoms with Crippen LogP contribution in [0.15, 0.2) is 42.7 Å². The number of hydrogen-bond acceptors (Lipinski definition) is 4. The van der Waals surface area contributed by atoms with E-state index in [0.29, 0.717) is 17.5 Å². The highest BCUT2D eigenvalue weighted by Gasteiger charge is 2.37. The van der Waals surface area contributed by atoms with E-state index >= 15 is 0 Å². The molecule has 2 fully saturated rings. The van der Waals surface area contributed by atoms with Crippen LogP contribution in [0.2, 0.25) is 0 Å². The Balaban J connectivity index is 1.56. The van der Waals surface area contributed by atoms with Crippen LogP contribution >= 0.6 is 0 Å². The van der Waals surface area contributed by atoms with Gasteiger partial charge >= 0.3 is 6.09 Å². The Hall–Kier alpha value is -2.91. The Kier molecular flexibility index (Phi) is 4.54. The molecule has 0 bridgehead atoms. The molecule has 1 saturated carbocycles. The molecule has 1 aromatic carbocycles. The third-order valence-electron chi connectivity index (χ3n) is 5.04. The lowest BCUT2D eigenvalue weighted by Gasteiger charge is -2.34. The molecule has 1 aliphatic heterocycles. The Labute approximate surface area is 156 Å². The van der Waals surface area contributed by atoms with E-state index in [9.17, 15) is 14.3 Å². The van der Waals surface area contributed by atoms with Crippen LogP contribution in [0.5, 0.6) is 0 Å². The fraction of sp³-hybridized carbons (Fsp3) is 0.333. The van der Waals surface area contributed by atoms with Crippen molar-refractivity contribution >= 4 is 6.09 Å². The van der Waals surface area contributed by atoms with E-state index in [1.54, 1.807) is 24.5 Å². The van der Waals surface area contributed by atoms with Gasteiger partial charge in [0.05, 0.1) is 5.60 Å². The van der Waals surface area contributed by atoms with Gasteiger partial charge in [0.15, 0.2) is 6.10 Å². The second-order valence-electron chi connectivity index (χ2n) is 7.07. The first-order valence-corrected chi connectivity index (χ1v) is 8.91. The van der Waals surface area contributed by atoms with Crippen LogP contribution in [0, 0.1) is 17.7 Å². The van der Waals surface area contributed by atoms with Gasteiger partial charge in [0.25, 0.3) is 0 Å². The van der Waals surface area contributed by atoms with Crippen molar-refractivity contribution in [1.82, 2.24) is 10.3 Å².